The van der Waals surface area contributed by atoms with E-state index in [1.165, 1.54) is 167 Å². The van der Waals surface area contributed by atoms with Crippen LogP contribution in [0.2, 0.25) is 0 Å². The molecule has 0 radical (unpaired) electrons. The first-order valence-corrected chi connectivity index (χ1v) is 19.7. The molecule has 0 saturated heterocycles. The Morgan fingerprint density at radius 2 is 0.674 bits per heavy atom. The summed E-state index contributed by atoms with van der Waals surface area (Å²) in [5, 5.41) is 37.7. The van der Waals surface area contributed by atoms with Gasteiger partial charge in [-0.05, 0) is 6.42 Å². The molecule has 0 rings (SSSR count). The topological polar surface area (TPSA) is 132 Å². The molecular formula is C39H74O7. The molecule has 2 unspecified atom stereocenters. The molecular weight excluding hydrogens is 580 g/mol. The largest absolute Gasteiger partial charge is 0.481 e. The monoisotopic (exact) mass is 655 g/mol. The smallest absolute Gasteiger partial charge is 0.337 e. The van der Waals surface area contributed by atoms with Gasteiger partial charge >= 0.3 is 17.9 Å². The van der Waals surface area contributed by atoms with Crippen LogP contribution in [0, 0.1) is 5.92 Å². The van der Waals surface area contributed by atoms with E-state index < -0.39 is 35.8 Å². The normalized spacial score (nSPS) is 13.4. The van der Waals surface area contributed by atoms with Gasteiger partial charge in [-0.1, -0.05) is 206 Å². The van der Waals surface area contributed by atoms with Gasteiger partial charge in [-0.15, -0.1) is 0 Å². The zero-order chi connectivity index (χ0) is 34.1. The van der Waals surface area contributed by atoms with Gasteiger partial charge in [-0.3, -0.25) is 9.59 Å². The van der Waals surface area contributed by atoms with Crippen LogP contribution in [-0.2, 0) is 14.4 Å². The summed E-state index contributed by atoms with van der Waals surface area (Å²) < 4.78 is 0. The third kappa shape index (κ3) is 26.4. The van der Waals surface area contributed by atoms with Crippen molar-refractivity contribution < 1.29 is 34.8 Å². The number of rotatable bonds is 37. The van der Waals surface area contributed by atoms with Gasteiger partial charge in [0.05, 0.1) is 12.3 Å². The van der Waals surface area contributed by atoms with E-state index in [9.17, 15) is 29.7 Å². The molecule has 46 heavy (non-hydrogen) atoms. The Bertz CT molecular complexity index is 725. The standard InChI is InChI=1S/C39H74O7/c1-2-3-4-5-6-7-8-9-10-11-12-13-14-15-16-17-18-19-20-21-22-23-24-25-26-27-28-29-30-31-32-33-35(37(42)43)39(46,38(44)45)34-36(40)41/h35,46H,2-34H2,1H3,(H,40,41)(H,42,43)(H,44,45). The van der Waals surface area contributed by atoms with Crippen LogP contribution >= 0.6 is 0 Å². The number of aliphatic carboxylic acids is 3. The molecule has 2 atom stereocenters. The molecule has 0 aromatic heterocycles. The molecule has 0 saturated carbocycles. The highest BCUT2D eigenvalue weighted by Crippen LogP contribution is 2.28. The van der Waals surface area contributed by atoms with Crippen LogP contribution in [-0.4, -0.2) is 43.9 Å². The van der Waals surface area contributed by atoms with Crippen LogP contribution in [0.3, 0.4) is 0 Å². The molecule has 0 amide bonds. The highest BCUT2D eigenvalue weighted by molar-refractivity contribution is 5.89. The Hall–Kier alpha value is -1.63. The van der Waals surface area contributed by atoms with Gasteiger partial charge < -0.3 is 20.4 Å². The van der Waals surface area contributed by atoms with Gasteiger partial charge in [0.25, 0.3) is 0 Å². The lowest BCUT2D eigenvalue weighted by Crippen LogP contribution is -2.50. The molecule has 0 bridgehead atoms. The van der Waals surface area contributed by atoms with Gasteiger partial charge in [-0.2, -0.15) is 0 Å². The minimum Gasteiger partial charge on any atom is -0.481 e. The fourth-order valence-corrected chi connectivity index (χ4v) is 6.69. The lowest BCUT2D eigenvalue weighted by Gasteiger charge is -2.28. The summed E-state index contributed by atoms with van der Waals surface area (Å²) in [7, 11) is 0. The zero-order valence-corrected chi connectivity index (χ0v) is 29.9. The summed E-state index contributed by atoms with van der Waals surface area (Å²) in [5.74, 6) is -6.45. The summed E-state index contributed by atoms with van der Waals surface area (Å²) in [6.07, 6.45) is 39.4. The van der Waals surface area contributed by atoms with Gasteiger partial charge in [0.2, 0.25) is 0 Å². The van der Waals surface area contributed by atoms with Crippen molar-refractivity contribution in [2.45, 2.75) is 224 Å². The fourth-order valence-electron chi connectivity index (χ4n) is 6.69. The maximum absolute atomic E-state index is 11.5. The van der Waals surface area contributed by atoms with Crippen molar-refractivity contribution in [2.24, 2.45) is 5.92 Å². The molecule has 0 spiro atoms. The maximum atomic E-state index is 11.5. The summed E-state index contributed by atoms with van der Waals surface area (Å²) in [6.45, 7) is 2.29. The molecule has 0 aromatic carbocycles. The Kier molecular flexibility index (Phi) is 30.8. The minimum atomic E-state index is -2.79. The molecule has 0 fully saturated rings. The third-order valence-corrected chi connectivity index (χ3v) is 9.76. The van der Waals surface area contributed by atoms with Crippen molar-refractivity contribution in [3.05, 3.63) is 0 Å². The SMILES string of the molecule is CCCCCCCCCCCCCCCCCCCCCCCCCCCCCCCCCC(C(=O)O)C(O)(CC(=O)O)C(=O)O. The number of unbranched alkanes of at least 4 members (excludes halogenated alkanes) is 30. The van der Waals surface area contributed by atoms with E-state index in [1.54, 1.807) is 0 Å². The molecule has 7 heteroatoms. The van der Waals surface area contributed by atoms with E-state index in [-0.39, 0.29) is 6.42 Å². The van der Waals surface area contributed by atoms with E-state index >= 15 is 0 Å². The molecule has 7 nitrogen and oxygen atoms in total. The first-order valence-electron chi connectivity index (χ1n) is 19.7. The quantitative estimate of drug-likeness (QED) is 0.0490. The van der Waals surface area contributed by atoms with Crippen molar-refractivity contribution in [3.63, 3.8) is 0 Å². The Balaban J connectivity index is 3.39. The van der Waals surface area contributed by atoms with Gasteiger partial charge in [-0.25, -0.2) is 4.79 Å². The van der Waals surface area contributed by atoms with Crippen molar-refractivity contribution in [1.82, 2.24) is 0 Å². The highest BCUT2D eigenvalue weighted by Gasteiger charge is 2.49. The van der Waals surface area contributed by atoms with E-state index in [1.807, 2.05) is 0 Å². The van der Waals surface area contributed by atoms with E-state index in [0.717, 1.165) is 25.7 Å². The van der Waals surface area contributed by atoms with Crippen molar-refractivity contribution in [3.8, 4) is 0 Å². The Labute approximate surface area is 282 Å². The first-order chi connectivity index (χ1) is 22.3. The number of carboxylic acids is 3. The van der Waals surface area contributed by atoms with Crippen LogP contribution in [0.15, 0.2) is 0 Å². The van der Waals surface area contributed by atoms with Crippen LogP contribution in [0.1, 0.15) is 219 Å². The number of carbonyl (C=O) groups is 3. The average Bonchev–Trinajstić information content (AvgIpc) is 3.01. The molecule has 272 valence electrons. The van der Waals surface area contributed by atoms with Gasteiger partial charge in [0, 0.05) is 0 Å². The van der Waals surface area contributed by atoms with E-state index in [4.69, 9.17) is 5.11 Å². The average molecular weight is 655 g/mol. The predicted molar refractivity (Wildman–Crippen MR) is 189 cm³/mol. The molecule has 0 aliphatic heterocycles. The summed E-state index contributed by atoms with van der Waals surface area (Å²) in [6, 6.07) is 0. The first kappa shape index (κ1) is 44.4. The molecule has 0 aromatic rings. The zero-order valence-electron chi connectivity index (χ0n) is 29.9. The minimum absolute atomic E-state index is 0.0506. The fraction of sp³-hybridized carbons (Fsp3) is 0.923. The molecule has 0 heterocycles. The second-order valence-electron chi connectivity index (χ2n) is 14.1. The summed E-state index contributed by atoms with van der Waals surface area (Å²) >= 11 is 0. The number of aliphatic hydroxyl groups is 1. The lowest BCUT2D eigenvalue weighted by atomic mass is 9.81. The van der Waals surface area contributed by atoms with Crippen molar-refractivity contribution in [2.75, 3.05) is 0 Å². The predicted octanol–water partition coefficient (Wildman–Crippen LogP) is 11.5. The van der Waals surface area contributed by atoms with Crippen LogP contribution in [0.25, 0.3) is 0 Å². The molecule has 0 aliphatic rings. The van der Waals surface area contributed by atoms with Crippen LogP contribution in [0.5, 0.6) is 0 Å². The van der Waals surface area contributed by atoms with Crippen LogP contribution in [0.4, 0.5) is 0 Å². The second-order valence-corrected chi connectivity index (χ2v) is 14.1. The summed E-state index contributed by atoms with van der Waals surface area (Å²) in [5.41, 5.74) is -2.79. The molecule has 0 aliphatic carbocycles. The molecule has 4 N–H and O–H groups in total. The lowest BCUT2D eigenvalue weighted by molar-refractivity contribution is -0.179. The summed E-state index contributed by atoms with van der Waals surface area (Å²) in [4.78, 5) is 33.9. The van der Waals surface area contributed by atoms with Gasteiger partial charge in [0.1, 0.15) is 0 Å². The van der Waals surface area contributed by atoms with Crippen molar-refractivity contribution >= 4 is 17.9 Å². The number of hydrogen-bond acceptors (Lipinski definition) is 4. The van der Waals surface area contributed by atoms with Gasteiger partial charge in [0.15, 0.2) is 5.60 Å². The Morgan fingerprint density at radius 1 is 0.435 bits per heavy atom. The number of hydrogen-bond donors (Lipinski definition) is 4. The second kappa shape index (κ2) is 31.9. The van der Waals surface area contributed by atoms with Crippen LogP contribution < -0.4 is 0 Å². The number of carboxylic acid groups (broad SMARTS) is 3. The van der Waals surface area contributed by atoms with E-state index in [2.05, 4.69) is 6.92 Å². The highest BCUT2D eigenvalue weighted by atomic mass is 16.4. The third-order valence-electron chi connectivity index (χ3n) is 9.76. The Morgan fingerprint density at radius 3 is 0.870 bits per heavy atom. The van der Waals surface area contributed by atoms with E-state index in [0.29, 0.717) is 6.42 Å². The maximum Gasteiger partial charge on any atom is 0.337 e. The van der Waals surface area contributed by atoms with Crippen molar-refractivity contribution in [1.29, 1.82) is 0 Å².